The van der Waals surface area contributed by atoms with Crippen LogP contribution in [0.15, 0.2) is 64.8 Å². The molecule has 0 unspecified atom stereocenters. The summed E-state index contributed by atoms with van der Waals surface area (Å²) in [6, 6.07) is 14.9. The number of nitrogens with two attached hydrogens (primary N) is 3. The van der Waals surface area contributed by atoms with E-state index in [1.54, 1.807) is 36.7 Å². The molecule has 0 amide bonds. The zero-order valence-electron chi connectivity index (χ0n) is 17.7. The van der Waals surface area contributed by atoms with Crippen LogP contribution in [0.25, 0.3) is 0 Å². The van der Waals surface area contributed by atoms with Crippen molar-refractivity contribution in [2.75, 3.05) is 27.2 Å². The Bertz CT molecular complexity index is 1040. The minimum atomic E-state index is 0.0236. The van der Waals surface area contributed by atoms with Gasteiger partial charge in [0.2, 0.25) is 5.96 Å². The molecule has 0 radical (unpaired) electrons. The molecule has 1 aliphatic rings. The van der Waals surface area contributed by atoms with Crippen molar-refractivity contribution >= 4 is 23.3 Å². The van der Waals surface area contributed by atoms with E-state index in [1.807, 2.05) is 18.2 Å². The number of nitrogens with zero attached hydrogens (tertiary/aromatic N) is 5. The summed E-state index contributed by atoms with van der Waals surface area (Å²) in [5.41, 5.74) is 15.0. The molecular weight excluding hydrogens is 392 g/mol. The maximum absolute atomic E-state index is 8.86. The summed E-state index contributed by atoms with van der Waals surface area (Å²) in [7, 11) is 3.66. The summed E-state index contributed by atoms with van der Waals surface area (Å²) >= 11 is 0. The van der Waals surface area contributed by atoms with Crippen LogP contribution in [0.2, 0.25) is 0 Å². The first-order chi connectivity index (χ1) is 15.0. The van der Waals surface area contributed by atoms with Gasteiger partial charge in [0.1, 0.15) is 17.1 Å². The van der Waals surface area contributed by atoms with Crippen LogP contribution in [0.3, 0.4) is 0 Å². The van der Waals surface area contributed by atoms with Crippen molar-refractivity contribution in [3.63, 3.8) is 0 Å². The van der Waals surface area contributed by atoms with Gasteiger partial charge in [-0.15, -0.1) is 4.99 Å². The first kappa shape index (κ1) is 21.7. The lowest BCUT2D eigenvalue weighted by molar-refractivity contribution is -0.445. The summed E-state index contributed by atoms with van der Waals surface area (Å²) in [6.07, 6.45) is 4.15. The fraction of sp³-hybridized carbons (Fsp3) is 0.227. The largest absolute Gasteiger partial charge is 0.494 e. The Kier molecular flexibility index (Phi) is 7.09. The lowest BCUT2D eigenvalue weighted by atomic mass is 10.1. The molecule has 1 heterocycles. The van der Waals surface area contributed by atoms with Crippen molar-refractivity contribution < 1.29 is 10.1 Å². The molecule has 9 heteroatoms. The minimum Gasteiger partial charge on any atom is -0.494 e. The topological polar surface area (TPSA) is 133 Å². The van der Waals surface area contributed by atoms with Crippen molar-refractivity contribution in [2.45, 2.75) is 6.54 Å². The van der Waals surface area contributed by atoms with Crippen molar-refractivity contribution in [1.29, 1.82) is 5.26 Å². The first-order valence-electron chi connectivity index (χ1n) is 9.79. The quantitative estimate of drug-likeness (QED) is 0.375. The van der Waals surface area contributed by atoms with Crippen molar-refractivity contribution in [2.24, 2.45) is 21.5 Å². The van der Waals surface area contributed by atoms with E-state index < -0.39 is 0 Å². The molecule has 160 valence electrons. The van der Waals surface area contributed by atoms with E-state index in [-0.39, 0.29) is 11.9 Å². The molecule has 0 bridgehead atoms. The fourth-order valence-electron chi connectivity index (χ4n) is 3.06. The summed E-state index contributed by atoms with van der Waals surface area (Å²) < 4.78 is 5.49. The number of methoxy groups -OCH3 is 1. The Morgan fingerprint density at radius 3 is 2.58 bits per heavy atom. The lowest BCUT2D eigenvalue weighted by Gasteiger charge is -2.29. The molecule has 1 aliphatic heterocycles. The molecule has 0 aromatic heterocycles. The summed E-state index contributed by atoms with van der Waals surface area (Å²) in [5.74, 6) is 0.849. The van der Waals surface area contributed by atoms with Gasteiger partial charge in [-0.25, -0.2) is 10.3 Å². The predicted octanol–water partition coefficient (Wildman–Crippen LogP) is 0.941. The van der Waals surface area contributed by atoms with E-state index in [2.05, 4.69) is 45.3 Å². The maximum Gasteiger partial charge on any atom is 0.304 e. The van der Waals surface area contributed by atoms with E-state index in [9.17, 15) is 0 Å². The number of ether oxygens (including phenoxy) is 1. The Morgan fingerprint density at radius 2 is 1.94 bits per heavy atom. The summed E-state index contributed by atoms with van der Waals surface area (Å²) in [4.78, 5) is 12.9. The van der Waals surface area contributed by atoms with E-state index in [0.717, 1.165) is 30.9 Å². The van der Waals surface area contributed by atoms with Gasteiger partial charge in [-0.2, -0.15) is 5.26 Å². The van der Waals surface area contributed by atoms with E-state index in [0.29, 0.717) is 17.0 Å². The molecule has 2 aromatic rings. The zero-order valence-corrected chi connectivity index (χ0v) is 17.7. The van der Waals surface area contributed by atoms with Crippen LogP contribution in [0.5, 0.6) is 5.75 Å². The molecule has 0 aliphatic carbocycles. The molecule has 0 fully saturated rings. The number of quaternary nitrogens is 1. The molecule has 0 atom stereocenters. The van der Waals surface area contributed by atoms with Crippen molar-refractivity contribution in [3.05, 3.63) is 66.0 Å². The normalized spacial score (nSPS) is 14.5. The Labute approximate surface area is 181 Å². The lowest BCUT2D eigenvalue weighted by Crippen LogP contribution is -2.85. The summed E-state index contributed by atoms with van der Waals surface area (Å²) in [6.45, 7) is 2.74. The van der Waals surface area contributed by atoms with Gasteiger partial charge in [0.15, 0.2) is 0 Å². The SMILES string of the molecule is COc1cc(CN2C=CN(C)CC2)ccc1N=C(N)N=C(N)[NH2+]c1ccc(C#N)cc1. The van der Waals surface area contributed by atoms with Gasteiger partial charge in [0.05, 0.1) is 18.7 Å². The van der Waals surface area contributed by atoms with Crippen LogP contribution in [-0.4, -0.2) is 49.0 Å². The van der Waals surface area contributed by atoms with Gasteiger partial charge in [-0.3, -0.25) is 0 Å². The number of rotatable bonds is 5. The number of aliphatic imine (C=N–C) groups is 2. The second-order valence-corrected chi connectivity index (χ2v) is 7.14. The standard InChI is InChI=1S/C22H26N8O/c1-29-9-11-30(12-10-29)15-17-5-8-19(20(13-17)31-2)27-22(25)28-21(24)26-18-6-3-16(14-23)4-7-18/h3-9,11,13H,10,12,15H2,1-2H3,(H5,24,25,26,27,28)/p+1. The van der Waals surface area contributed by atoms with Gasteiger partial charge in [0, 0.05) is 51.2 Å². The van der Waals surface area contributed by atoms with E-state index >= 15 is 0 Å². The van der Waals surface area contributed by atoms with E-state index in [1.165, 1.54) is 0 Å². The molecule has 0 saturated heterocycles. The number of likely N-dealkylation sites (N-methyl/N-ethyl adjacent to an activating group) is 1. The zero-order chi connectivity index (χ0) is 22.2. The van der Waals surface area contributed by atoms with Crippen LogP contribution >= 0.6 is 0 Å². The highest BCUT2D eigenvalue weighted by molar-refractivity contribution is 5.91. The highest BCUT2D eigenvalue weighted by Crippen LogP contribution is 2.29. The van der Waals surface area contributed by atoms with Crippen molar-refractivity contribution in [1.82, 2.24) is 9.80 Å². The van der Waals surface area contributed by atoms with Crippen LogP contribution < -0.4 is 21.5 Å². The third-order valence-electron chi connectivity index (χ3n) is 4.73. The van der Waals surface area contributed by atoms with Gasteiger partial charge in [-0.05, 0) is 29.8 Å². The molecular formula is C22H27N8O+. The fourth-order valence-corrected chi connectivity index (χ4v) is 3.06. The number of nitriles is 1. The second kappa shape index (κ2) is 10.1. The minimum absolute atomic E-state index is 0.0236. The number of hydrogen-bond donors (Lipinski definition) is 3. The van der Waals surface area contributed by atoms with Crippen LogP contribution in [-0.2, 0) is 6.54 Å². The Morgan fingerprint density at radius 1 is 1.16 bits per heavy atom. The molecule has 0 spiro atoms. The van der Waals surface area contributed by atoms with Gasteiger partial charge >= 0.3 is 5.96 Å². The molecule has 9 nitrogen and oxygen atoms in total. The Balaban J connectivity index is 1.69. The smallest absolute Gasteiger partial charge is 0.304 e. The third-order valence-corrected chi connectivity index (χ3v) is 4.73. The van der Waals surface area contributed by atoms with Gasteiger partial charge in [0.25, 0.3) is 0 Å². The first-order valence-corrected chi connectivity index (χ1v) is 9.79. The number of hydrogen-bond acceptors (Lipinski definition) is 5. The second-order valence-electron chi connectivity index (χ2n) is 7.14. The highest BCUT2D eigenvalue weighted by atomic mass is 16.5. The highest BCUT2D eigenvalue weighted by Gasteiger charge is 2.10. The van der Waals surface area contributed by atoms with E-state index in [4.69, 9.17) is 21.5 Å². The van der Waals surface area contributed by atoms with Crippen LogP contribution in [0, 0.1) is 11.3 Å². The molecule has 2 aromatic carbocycles. The van der Waals surface area contributed by atoms with Crippen LogP contribution in [0.4, 0.5) is 11.4 Å². The van der Waals surface area contributed by atoms with Gasteiger partial charge < -0.3 is 26.0 Å². The Hall–Kier alpha value is -4.03. The predicted molar refractivity (Wildman–Crippen MR) is 121 cm³/mol. The molecule has 31 heavy (non-hydrogen) atoms. The average molecular weight is 420 g/mol. The monoisotopic (exact) mass is 419 g/mol. The van der Waals surface area contributed by atoms with Crippen LogP contribution in [0.1, 0.15) is 11.1 Å². The molecule has 0 saturated carbocycles. The molecule has 6 N–H and O–H groups in total. The number of guanidine groups is 2. The van der Waals surface area contributed by atoms with Gasteiger partial charge in [-0.1, -0.05) is 6.07 Å². The molecule has 3 rings (SSSR count). The van der Waals surface area contributed by atoms with Crippen molar-refractivity contribution in [3.8, 4) is 11.8 Å². The third kappa shape index (κ3) is 6.22. The number of benzene rings is 2. The summed E-state index contributed by atoms with van der Waals surface area (Å²) in [5, 5.41) is 10.5. The maximum atomic E-state index is 8.86. The average Bonchev–Trinajstić information content (AvgIpc) is 2.76.